The Balaban J connectivity index is 1.72. The molecule has 5 nitrogen and oxygen atoms in total. The highest BCUT2D eigenvalue weighted by molar-refractivity contribution is 5.73. The number of carbonyl (C=O) groups is 1. The van der Waals surface area contributed by atoms with E-state index in [4.69, 9.17) is 0 Å². The Morgan fingerprint density at radius 1 is 1.12 bits per heavy atom. The molecule has 3 rings (SSSR count). The van der Waals surface area contributed by atoms with Gasteiger partial charge in [-0.2, -0.15) is 0 Å². The highest BCUT2D eigenvalue weighted by atomic mass is 19.1. The van der Waals surface area contributed by atoms with E-state index in [0.29, 0.717) is 30.0 Å². The van der Waals surface area contributed by atoms with Crippen LogP contribution >= 0.6 is 0 Å². The van der Waals surface area contributed by atoms with E-state index in [1.54, 1.807) is 0 Å². The second kappa shape index (κ2) is 11.0. The van der Waals surface area contributed by atoms with Gasteiger partial charge in [0.15, 0.2) is 0 Å². The maximum absolute atomic E-state index is 14.5. The fourth-order valence-electron chi connectivity index (χ4n) is 4.33. The van der Waals surface area contributed by atoms with E-state index in [1.807, 2.05) is 19.9 Å². The van der Waals surface area contributed by atoms with Crippen molar-refractivity contribution >= 4 is 11.6 Å². The number of fused-ring (bicyclic) bond motifs is 1. The van der Waals surface area contributed by atoms with Crippen LogP contribution in [0.2, 0.25) is 0 Å². The first-order valence-electron chi connectivity index (χ1n) is 11.3. The Morgan fingerprint density at radius 3 is 2.45 bits per heavy atom. The third kappa shape index (κ3) is 6.95. The lowest BCUT2D eigenvalue weighted by Gasteiger charge is -2.31. The summed E-state index contributed by atoms with van der Waals surface area (Å²) in [7, 11) is 0. The van der Waals surface area contributed by atoms with E-state index in [2.05, 4.69) is 16.0 Å². The molecule has 2 aromatic rings. The monoisotopic (exact) mass is 463 g/mol. The highest BCUT2D eigenvalue weighted by Crippen LogP contribution is 2.33. The lowest BCUT2D eigenvalue weighted by Crippen LogP contribution is -2.48. The number of anilines is 1. The highest BCUT2D eigenvalue weighted by Gasteiger charge is 2.26. The van der Waals surface area contributed by atoms with Gasteiger partial charge in [-0.05, 0) is 66.1 Å². The fraction of sp³-hybridized carbons (Fsp3) is 0.480. The minimum absolute atomic E-state index is 0.0731. The zero-order valence-electron chi connectivity index (χ0n) is 19.2. The van der Waals surface area contributed by atoms with Gasteiger partial charge >= 0.3 is 0 Å². The van der Waals surface area contributed by atoms with Crippen LogP contribution in [0.5, 0.6) is 0 Å². The molecule has 1 aliphatic heterocycles. The van der Waals surface area contributed by atoms with Crippen molar-refractivity contribution in [3.63, 3.8) is 0 Å². The molecule has 2 aromatic carbocycles. The number of amides is 1. The van der Waals surface area contributed by atoms with Gasteiger partial charge < -0.3 is 21.1 Å². The van der Waals surface area contributed by atoms with Crippen LogP contribution in [0.3, 0.4) is 0 Å². The lowest BCUT2D eigenvalue weighted by atomic mass is 9.92. The normalized spacial score (nSPS) is 17.3. The molecule has 0 spiro atoms. The van der Waals surface area contributed by atoms with Crippen molar-refractivity contribution in [1.29, 1.82) is 0 Å². The van der Waals surface area contributed by atoms with Crippen LogP contribution in [0, 0.1) is 23.4 Å². The number of nitrogens with one attached hydrogen (secondary N) is 3. The van der Waals surface area contributed by atoms with Gasteiger partial charge in [0, 0.05) is 37.8 Å². The molecule has 1 aliphatic rings. The van der Waals surface area contributed by atoms with E-state index >= 15 is 0 Å². The van der Waals surface area contributed by atoms with Crippen LogP contribution in [-0.2, 0) is 17.6 Å². The van der Waals surface area contributed by atoms with Crippen molar-refractivity contribution in [2.24, 2.45) is 5.92 Å². The number of aliphatic hydroxyl groups is 1. The summed E-state index contributed by atoms with van der Waals surface area (Å²) in [5, 5.41) is 20.0. The Hall–Kier alpha value is -2.58. The lowest BCUT2D eigenvalue weighted by molar-refractivity contribution is -0.120. The van der Waals surface area contributed by atoms with E-state index in [0.717, 1.165) is 23.7 Å². The van der Waals surface area contributed by atoms with Crippen LogP contribution in [0.4, 0.5) is 18.9 Å². The SMILES string of the molecule is CC(=O)NC(Cc1cc(F)cc(F)c1)C(O)CNC1CCNc2cc(F)c(CC(C)C)cc21. The molecular formula is C25H32F3N3O2. The van der Waals surface area contributed by atoms with Crippen LogP contribution in [0.25, 0.3) is 0 Å². The second-order valence-corrected chi connectivity index (χ2v) is 9.16. The Kier molecular flexibility index (Phi) is 8.37. The fourth-order valence-corrected chi connectivity index (χ4v) is 4.33. The minimum Gasteiger partial charge on any atom is -0.390 e. The molecule has 1 amide bonds. The molecule has 0 aromatic heterocycles. The van der Waals surface area contributed by atoms with Gasteiger partial charge in [0.1, 0.15) is 17.5 Å². The van der Waals surface area contributed by atoms with Gasteiger partial charge in [-0.1, -0.05) is 13.8 Å². The van der Waals surface area contributed by atoms with Crippen LogP contribution in [0.1, 0.15) is 49.9 Å². The van der Waals surface area contributed by atoms with Gasteiger partial charge in [-0.15, -0.1) is 0 Å². The van der Waals surface area contributed by atoms with E-state index in [9.17, 15) is 23.1 Å². The molecule has 0 radical (unpaired) electrons. The molecule has 3 unspecified atom stereocenters. The van der Waals surface area contributed by atoms with E-state index < -0.39 is 23.8 Å². The molecule has 0 bridgehead atoms. The van der Waals surface area contributed by atoms with E-state index in [-0.39, 0.29) is 30.7 Å². The van der Waals surface area contributed by atoms with Crippen molar-refractivity contribution in [3.05, 3.63) is 64.5 Å². The number of aliphatic hydroxyl groups excluding tert-OH is 1. The van der Waals surface area contributed by atoms with Crippen molar-refractivity contribution in [2.75, 3.05) is 18.4 Å². The number of benzene rings is 2. The zero-order valence-corrected chi connectivity index (χ0v) is 19.2. The van der Waals surface area contributed by atoms with Gasteiger partial charge in [-0.3, -0.25) is 4.79 Å². The second-order valence-electron chi connectivity index (χ2n) is 9.16. The molecule has 8 heteroatoms. The Labute approximate surface area is 192 Å². The maximum atomic E-state index is 14.5. The summed E-state index contributed by atoms with van der Waals surface area (Å²) in [4.78, 5) is 11.7. The average Bonchev–Trinajstić information content (AvgIpc) is 2.70. The van der Waals surface area contributed by atoms with Crippen molar-refractivity contribution in [2.45, 2.75) is 58.2 Å². The average molecular weight is 464 g/mol. The number of hydrogen-bond donors (Lipinski definition) is 4. The number of hydrogen-bond acceptors (Lipinski definition) is 4. The van der Waals surface area contributed by atoms with Crippen LogP contribution in [0.15, 0.2) is 30.3 Å². The third-order valence-electron chi connectivity index (χ3n) is 5.78. The first-order valence-corrected chi connectivity index (χ1v) is 11.3. The van der Waals surface area contributed by atoms with Gasteiger partial charge in [-0.25, -0.2) is 13.2 Å². The van der Waals surface area contributed by atoms with Crippen LogP contribution < -0.4 is 16.0 Å². The number of carbonyl (C=O) groups excluding carboxylic acids is 1. The van der Waals surface area contributed by atoms with Crippen molar-refractivity contribution in [1.82, 2.24) is 10.6 Å². The number of halogens is 3. The molecule has 33 heavy (non-hydrogen) atoms. The molecule has 1 heterocycles. The minimum atomic E-state index is -1.01. The Bertz CT molecular complexity index is 963. The standard InChI is InChI=1S/C25H32F3N3O2/c1-14(2)6-17-10-20-22(4-5-29-23(20)12-21(17)28)30-13-25(33)24(31-15(3)32)9-16-7-18(26)11-19(27)8-16/h7-8,10-12,14,22,24-25,29-30,33H,4-6,9,13H2,1-3H3,(H,31,32). The molecule has 0 saturated carbocycles. The Morgan fingerprint density at radius 2 is 1.82 bits per heavy atom. The zero-order chi connectivity index (χ0) is 24.1. The summed E-state index contributed by atoms with van der Waals surface area (Å²) in [6.45, 7) is 6.20. The van der Waals surface area contributed by atoms with Gasteiger partial charge in [0.05, 0.1) is 12.1 Å². The molecule has 0 aliphatic carbocycles. The predicted octanol–water partition coefficient (Wildman–Crippen LogP) is 3.86. The largest absolute Gasteiger partial charge is 0.390 e. The first-order chi connectivity index (χ1) is 15.6. The first kappa shape index (κ1) is 25.1. The molecule has 0 fully saturated rings. The summed E-state index contributed by atoms with van der Waals surface area (Å²) < 4.78 is 41.6. The van der Waals surface area contributed by atoms with E-state index in [1.165, 1.54) is 25.1 Å². The van der Waals surface area contributed by atoms with Crippen LogP contribution in [-0.4, -0.2) is 36.2 Å². The molecule has 0 saturated heterocycles. The predicted molar refractivity (Wildman–Crippen MR) is 122 cm³/mol. The summed E-state index contributed by atoms with van der Waals surface area (Å²) >= 11 is 0. The third-order valence-corrected chi connectivity index (χ3v) is 5.78. The molecule has 3 atom stereocenters. The van der Waals surface area contributed by atoms with Crippen molar-refractivity contribution < 1.29 is 23.1 Å². The summed E-state index contributed by atoms with van der Waals surface area (Å²) in [5.41, 5.74) is 2.66. The summed E-state index contributed by atoms with van der Waals surface area (Å²) in [5.74, 6) is -1.70. The molecule has 180 valence electrons. The quantitative estimate of drug-likeness (QED) is 0.456. The summed E-state index contributed by atoms with van der Waals surface area (Å²) in [6.07, 6.45) is 0.438. The topological polar surface area (TPSA) is 73.4 Å². The maximum Gasteiger partial charge on any atom is 0.217 e. The molecular weight excluding hydrogens is 431 g/mol. The van der Waals surface area contributed by atoms with Crippen molar-refractivity contribution in [3.8, 4) is 0 Å². The smallest absolute Gasteiger partial charge is 0.217 e. The van der Waals surface area contributed by atoms with Gasteiger partial charge in [0.25, 0.3) is 0 Å². The summed E-state index contributed by atoms with van der Waals surface area (Å²) in [6, 6.07) is 5.71. The van der Waals surface area contributed by atoms with Gasteiger partial charge in [0.2, 0.25) is 5.91 Å². The molecule has 4 N–H and O–H groups in total. The number of rotatable bonds is 9.